The highest BCUT2D eigenvalue weighted by Gasteiger charge is 2.31. The molecule has 10 heteroatoms. The third-order valence-electron chi connectivity index (χ3n) is 4.30. The van der Waals surface area contributed by atoms with Gasteiger partial charge in [-0.05, 0) is 35.9 Å². The molecule has 0 radical (unpaired) electrons. The van der Waals surface area contributed by atoms with E-state index in [9.17, 15) is 18.0 Å². The number of carbonyl (C=O) groups excluding carboxylic acids is 1. The van der Waals surface area contributed by atoms with Crippen molar-refractivity contribution in [3.63, 3.8) is 0 Å². The molecule has 0 unspecified atom stereocenters. The molecule has 0 spiro atoms. The van der Waals surface area contributed by atoms with Gasteiger partial charge in [0.1, 0.15) is 15.5 Å². The van der Waals surface area contributed by atoms with Gasteiger partial charge < -0.3 is 21.1 Å². The Kier molecular flexibility index (Phi) is 4.60. The lowest BCUT2D eigenvalue weighted by Gasteiger charge is -2.15. The molecule has 28 heavy (non-hydrogen) atoms. The molecule has 1 aliphatic rings. The van der Waals surface area contributed by atoms with Crippen LogP contribution in [0.4, 0.5) is 24.5 Å². The molecule has 4 rings (SSSR count). The summed E-state index contributed by atoms with van der Waals surface area (Å²) in [7, 11) is 0. The lowest BCUT2D eigenvalue weighted by Crippen LogP contribution is -2.24. The highest BCUT2D eigenvalue weighted by Crippen LogP contribution is 2.35. The molecule has 146 valence electrons. The van der Waals surface area contributed by atoms with E-state index in [2.05, 4.69) is 20.4 Å². The van der Waals surface area contributed by atoms with Crippen LogP contribution < -0.4 is 21.1 Å². The van der Waals surface area contributed by atoms with E-state index >= 15 is 0 Å². The van der Waals surface area contributed by atoms with E-state index in [0.29, 0.717) is 27.6 Å². The smallest absolute Gasteiger partial charge is 0.406 e. The maximum Gasteiger partial charge on any atom is 0.573 e. The highest BCUT2D eigenvalue weighted by atomic mass is 32.1. The molecule has 3 heterocycles. The zero-order valence-corrected chi connectivity index (χ0v) is 15.2. The Morgan fingerprint density at radius 1 is 1.29 bits per heavy atom. The quantitative estimate of drug-likeness (QED) is 0.615. The van der Waals surface area contributed by atoms with Gasteiger partial charge in [-0.3, -0.25) is 4.79 Å². The number of halogens is 3. The van der Waals surface area contributed by atoms with Crippen LogP contribution in [-0.2, 0) is 13.0 Å². The Hall–Kier alpha value is -2.85. The number of nitrogen functional groups attached to an aromatic ring is 1. The first-order valence-corrected chi connectivity index (χ1v) is 9.20. The number of hydrogen-bond donors (Lipinski definition) is 3. The average molecular weight is 408 g/mol. The second-order valence-electron chi connectivity index (χ2n) is 6.24. The number of carbonyl (C=O) groups is 1. The summed E-state index contributed by atoms with van der Waals surface area (Å²) in [5.74, 6) is -0.809. The first-order valence-electron chi connectivity index (χ1n) is 8.39. The van der Waals surface area contributed by atoms with Gasteiger partial charge in [0.2, 0.25) is 0 Å². The average Bonchev–Trinajstić information content (AvgIpc) is 2.96. The second-order valence-corrected chi connectivity index (χ2v) is 7.24. The third kappa shape index (κ3) is 3.73. The van der Waals surface area contributed by atoms with Crippen LogP contribution in [0.1, 0.15) is 20.9 Å². The molecular formula is C18H15F3N4O2S. The number of hydrogen-bond acceptors (Lipinski definition) is 6. The second kappa shape index (κ2) is 6.95. The summed E-state index contributed by atoms with van der Waals surface area (Å²) in [5.41, 5.74) is 8.90. The van der Waals surface area contributed by atoms with Crippen LogP contribution >= 0.6 is 11.3 Å². The van der Waals surface area contributed by atoms with Crippen LogP contribution in [0.15, 0.2) is 30.3 Å². The Labute approximate surface area is 161 Å². The van der Waals surface area contributed by atoms with Gasteiger partial charge in [-0.1, -0.05) is 0 Å². The molecule has 0 aliphatic carbocycles. The maximum atomic E-state index is 12.6. The van der Waals surface area contributed by atoms with Crippen molar-refractivity contribution in [2.45, 2.75) is 19.3 Å². The topological polar surface area (TPSA) is 89.3 Å². The number of aromatic nitrogens is 1. The molecule has 0 saturated carbocycles. The number of anilines is 2. The third-order valence-corrected chi connectivity index (χ3v) is 5.41. The minimum Gasteiger partial charge on any atom is -0.406 e. The standard InChI is InChI=1S/C18H15F3N4O2S/c19-18(20,21)27-11-3-1-10(2-4-11)24-16(26)15-14(22)12-7-9-8-23-6-5-13(9)25-17(12)28-15/h1-4,7,23H,5-6,8,22H2,(H,24,26). The Balaban J connectivity index is 1.56. The molecular weight excluding hydrogens is 393 g/mol. The van der Waals surface area contributed by atoms with E-state index in [1.807, 2.05) is 6.07 Å². The fourth-order valence-corrected chi connectivity index (χ4v) is 4.01. The summed E-state index contributed by atoms with van der Waals surface area (Å²) in [6, 6.07) is 6.85. The number of benzene rings is 1. The predicted octanol–water partition coefficient (Wildman–Crippen LogP) is 3.68. The Bertz CT molecular complexity index is 1050. The summed E-state index contributed by atoms with van der Waals surface area (Å²) in [5, 5.41) is 6.63. The number of amides is 1. The van der Waals surface area contributed by atoms with Crippen molar-refractivity contribution in [3.8, 4) is 5.75 Å². The van der Waals surface area contributed by atoms with Crippen molar-refractivity contribution in [1.29, 1.82) is 0 Å². The summed E-state index contributed by atoms with van der Waals surface area (Å²) in [6.07, 6.45) is -3.95. The number of ether oxygens (including phenoxy) is 1. The monoisotopic (exact) mass is 408 g/mol. The summed E-state index contributed by atoms with van der Waals surface area (Å²) in [6.45, 7) is 1.56. The molecule has 1 aliphatic heterocycles. The number of nitrogens with zero attached hydrogens (tertiary/aromatic N) is 1. The number of nitrogens with two attached hydrogens (primary N) is 1. The molecule has 0 bridgehead atoms. The van der Waals surface area contributed by atoms with Gasteiger partial charge in [0.05, 0.1) is 5.69 Å². The van der Waals surface area contributed by atoms with Gasteiger partial charge in [-0.25, -0.2) is 4.98 Å². The predicted molar refractivity (Wildman–Crippen MR) is 101 cm³/mol. The summed E-state index contributed by atoms with van der Waals surface area (Å²) in [4.78, 5) is 18.2. The number of thiophene rings is 1. The molecule has 3 aromatic rings. The first-order chi connectivity index (χ1) is 13.3. The van der Waals surface area contributed by atoms with Crippen molar-refractivity contribution >= 4 is 38.8 Å². The van der Waals surface area contributed by atoms with Gasteiger partial charge in [0.15, 0.2) is 0 Å². The number of nitrogens with one attached hydrogen (secondary N) is 2. The van der Waals surface area contributed by atoms with Crippen LogP contribution in [0.3, 0.4) is 0 Å². The van der Waals surface area contributed by atoms with Gasteiger partial charge in [0.25, 0.3) is 5.91 Å². The molecule has 0 fully saturated rings. The van der Waals surface area contributed by atoms with Crippen molar-refractivity contribution in [1.82, 2.24) is 10.3 Å². The van der Waals surface area contributed by atoms with E-state index < -0.39 is 12.3 Å². The fourth-order valence-electron chi connectivity index (χ4n) is 3.01. The molecule has 6 nitrogen and oxygen atoms in total. The summed E-state index contributed by atoms with van der Waals surface area (Å²) < 4.78 is 40.5. The number of alkyl halides is 3. The number of pyridine rings is 1. The van der Waals surface area contributed by atoms with Crippen LogP contribution in [-0.4, -0.2) is 23.8 Å². The number of fused-ring (bicyclic) bond motifs is 2. The first kappa shape index (κ1) is 18.5. The summed E-state index contributed by atoms with van der Waals surface area (Å²) >= 11 is 1.19. The zero-order chi connectivity index (χ0) is 19.9. The zero-order valence-electron chi connectivity index (χ0n) is 14.4. The van der Waals surface area contributed by atoms with Gasteiger partial charge >= 0.3 is 6.36 Å². The largest absolute Gasteiger partial charge is 0.573 e. The van der Waals surface area contributed by atoms with Crippen molar-refractivity contribution in [3.05, 3.63) is 46.5 Å². The van der Waals surface area contributed by atoms with E-state index in [1.165, 1.54) is 23.5 Å². The molecule has 2 aromatic heterocycles. The van der Waals surface area contributed by atoms with Gasteiger partial charge in [0, 0.05) is 36.3 Å². The minimum atomic E-state index is -4.77. The maximum absolute atomic E-state index is 12.6. The van der Waals surface area contributed by atoms with Crippen molar-refractivity contribution in [2.75, 3.05) is 17.6 Å². The van der Waals surface area contributed by atoms with Crippen LogP contribution in [0.25, 0.3) is 10.2 Å². The molecule has 0 atom stereocenters. The Morgan fingerprint density at radius 3 is 2.75 bits per heavy atom. The number of rotatable bonds is 3. The normalized spacial score (nSPS) is 14.0. The highest BCUT2D eigenvalue weighted by molar-refractivity contribution is 7.21. The lowest BCUT2D eigenvalue weighted by molar-refractivity contribution is -0.274. The van der Waals surface area contributed by atoms with Crippen LogP contribution in [0.5, 0.6) is 5.75 Å². The van der Waals surface area contributed by atoms with Crippen molar-refractivity contribution < 1.29 is 22.7 Å². The lowest BCUT2D eigenvalue weighted by atomic mass is 10.1. The molecule has 1 amide bonds. The molecule has 4 N–H and O–H groups in total. The van der Waals surface area contributed by atoms with Crippen LogP contribution in [0, 0.1) is 0 Å². The van der Waals surface area contributed by atoms with E-state index in [-0.39, 0.29) is 5.75 Å². The fraction of sp³-hybridized carbons (Fsp3) is 0.222. The van der Waals surface area contributed by atoms with E-state index in [4.69, 9.17) is 5.73 Å². The minimum absolute atomic E-state index is 0.313. The molecule has 0 saturated heterocycles. The van der Waals surface area contributed by atoms with Gasteiger partial charge in [-0.15, -0.1) is 24.5 Å². The van der Waals surface area contributed by atoms with E-state index in [0.717, 1.165) is 41.7 Å². The van der Waals surface area contributed by atoms with Crippen molar-refractivity contribution in [2.24, 2.45) is 0 Å². The van der Waals surface area contributed by atoms with E-state index in [1.54, 1.807) is 0 Å². The SMILES string of the molecule is Nc1c(C(=O)Nc2ccc(OC(F)(F)F)cc2)sc2nc3c(cc12)CNCC3. The molecule has 1 aromatic carbocycles. The van der Waals surface area contributed by atoms with Gasteiger partial charge in [-0.2, -0.15) is 0 Å². The van der Waals surface area contributed by atoms with Crippen LogP contribution in [0.2, 0.25) is 0 Å². The Morgan fingerprint density at radius 2 is 2.04 bits per heavy atom.